The number of benzene rings is 2. The zero-order chi connectivity index (χ0) is 13.8. The lowest BCUT2D eigenvalue weighted by molar-refractivity contribution is 0.468. The molecule has 0 atom stereocenters. The number of rotatable bonds is 4. The first-order valence-corrected chi connectivity index (χ1v) is 6.31. The lowest BCUT2D eigenvalue weighted by Gasteiger charge is -2.13. The number of phenols is 1. The Balaban J connectivity index is 2.50. The third-order valence-electron chi connectivity index (χ3n) is 3.31. The summed E-state index contributed by atoms with van der Waals surface area (Å²) < 4.78 is 0. The van der Waals surface area contributed by atoms with Gasteiger partial charge in [0.2, 0.25) is 0 Å². The molecule has 0 aliphatic carbocycles. The van der Waals surface area contributed by atoms with E-state index in [1.165, 1.54) is 5.56 Å². The Labute approximate surface area is 114 Å². The summed E-state index contributed by atoms with van der Waals surface area (Å²) in [4.78, 5) is 0. The molecule has 0 spiro atoms. The summed E-state index contributed by atoms with van der Waals surface area (Å²) in [7, 11) is 0. The topological polar surface area (TPSA) is 20.2 Å². The first kappa shape index (κ1) is 13.2. The highest BCUT2D eigenvalue weighted by Crippen LogP contribution is 2.32. The Morgan fingerprint density at radius 3 is 2.26 bits per heavy atom. The van der Waals surface area contributed by atoms with Crippen LogP contribution in [0.15, 0.2) is 49.6 Å². The molecule has 0 fully saturated rings. The molecule has 96 valence electrons. The minimum Gasteiger partial charge on any atom is -0.507 e. The van der Waals surface area contributed by atoms with E-state index in [-0.39, 0.29) is 0 Å². The largest absolute Gasteiger partial charge is 0.507 e. The predicted octanol–water partition coefficient (Wildman–Crippen LogP) is 4.58. The van der Waals surface area contributed by atoms with Crippen molar-refractivity contribution in [2.75, 3.05) is 0 Å². The molecule has 0 aliphatic heterocycles. The average molecular weight is 250 g/mol. The van der Waals surface area contributed by atoms with Gasteiger partial charge in [-0.15, -0.1) is 0 Å². The van der Waals surface area contributed by atoms with Crippen LogP contribution in [0, 0.1) is 6.92 Å². The molecule has 0 bridgehead atoms. The molecule has 1 heteroatoms. The van der Waals surface area contributed by atoms with E-state index in [0.717, 1.165) is 22.3 Å². The summed E-state index contributed by atoms with van der Waals surface area (Å²) in [6.07, 6.45) is 4.16. The van der Waals surface area contributed by atoms with Crippen molar-refractivity contribution < 1.29 is 5.11 Å². The monoisotopic (exact) mass is 250 g/mol. The van der Waals surface area contributed by atoms with Gasteiger partial charge in [0.15, 0.2) is 0 Å². The van der Waals surface area contributed by atoms with Gasteiger partial charge in [-0.1, -0.05) is 61.7 Å². The van der Waals surface area contributed by atoms with Gasteiger partial charge in [0.05, 0.1) is 0 Å². The Hall–Kier alpha value is -2.28. The Bertz CT molecular complexity index is 609. The van der Waals surface area contributed by atoms with Crippen molar-refractivity contribution in [3.05, 3.63) is 77.4 Å². The maximum atomic E-state index is 10.4. The van der Waals surface area contributed by atoms with Crippen molar-refractivity contribution >= 4 is 12.2 Å². The summed E-state index contributed by atoms with van der Waals surface area (Å²) >= 11 is 0. The van der Waals surface area contributed by atoms with Crippen molar-refractivity contribution in [1.29, 1.82) is 0 Å². The van der Waals surface area contributed by atoms with Crippen molar-refractivity contribution in [2.45, 2.75) is 13.3 Å². The van der Waals surface area contributed by atoms with E-state index < -0.39 is 0 Å². The molecule has 0 saturated carbocycles. The minimum atomic E-state index is 0.305. The average Bonchev–Trinajstić information content (AvgIpc) is 2.43. The van der Waals surface area contributed by atoms with Gasteiger partial charge in [-0.05, 0) is 29.2 Å². The van der Waals surface area contributed by atoms with Gasteiger partial charge < -0.3 is 5.11 Å². The van der Waals surface area contributed by atoms with Crippen molar-refractivity contribution in [1.82, 2.24) is 0 Å². The fourth-order valence-electron chi connectivity index (χ4n) is 2.35. The fraction of sp³-hybridized carbons (Fsp3) is 0.111. The molecule has 1 N–H and O–H groups in total. The lowest BCUT2D eigenvalue weighted by Crippen LogP contribution is -1.95. The van der Waals surface area contributed by atoms with Crippen LogP contribution in [0.1, 0.15) is 27.8 Å². The highest BCUT2D eigenvalue weighted by Gasteiger charge is 2.12. The number of aryl methyl sites for hydroxylation is 1. The third kappa shape index (κ3) is 2.60. The van der Waals surface area contributed by atoms with Crippen LogP contribution in [0.2, 0.25) is 0 Å². The second kappa shape index (κ2) is 5.57. The maximum absolute atomic E-state index is 10.4. The van der Waals surface area contributed by atoms with E-state index in [9.17, 15) is 5.11 Å². The molecule has 2 rings (SSSR count). The highest BCUT2D eigenvalue weighted by atomic mass is 16.3. The van der Waals surface area contributed by atoms with E-state index in [4.69, 9.17) is 0 Å². The molecule has 0 aliphatic rings. The fourth-order valence-corrected chi connectivity index (χ4v) is 2.35. The van der Waals surface area contributed by atoms with Crippen molar-refractivity contribution in [3.8, 4) is 5.75 Å². The molecule has 0 radical (unpaired) electrons. The number of hydrogen-bond donors (Lipinski definition) is 1. The van der Waals surface area contributed by atoms with Crippen LogP contribution in [0.3, 0.4) is 0 Å². The molecule has 1 nitrogen and oxygen atoms in total. The maximum Gasteiger partial charge on any atom is 0.126 e. The minimum absolute atomic E-state index is 0.305. The number of aromatic hydroxyl groups is 1. The van der Waals surface area contributed by atoms with Crippen LogP contribution >= 0.6 is 0 Å². The first-order valence-electron chi connectivity index (χ1n) is 6.31. The van der Waals surface area contributed by atoms with Gasteiger partial charge in [-0.25, -0.2) is 0 Å². The summed E-state index contributed by atoms with van der Waals surface area (Å²) in [5.74, 6) is 0.305. The van der Waals surface area contributed by atoms with Gasteiger partial charge in [0, 0.05) is 12.0 Å². The Morgan fingerprint density at radius 1 is 1.05 bits per heavy atom. The Kier molecular flexibility index (Phi) is 3.86. The first-order chi connectivity index (χ1) is 9.17. The smallest absolute Gasteiger partial charge is 0.126 e. The quantitative estimate of drug-likeness (QED) is 0.842. The third-order valence-corrected chi connectivity index (χ3v) is 3.31. The number of phenolic OH excluding ortho intramolecular Hbond substituents is 1. The van der Waals surface area contributed by atoms with Crippen LogP contribution in [0.5, 0.6) is 5.75 Å². The molecule has 2 aromatic carbocycles. The van der Waals surface area contributed by atoms with Gasteiger partial charge in [0.25, 0.3) is 0 Å². The molecule has 0 amide bonds. The van der Waals surface area contributed by atoms with Gasteiger partial charge in [-0.2, -0.15) is 0 Å². The van der Waals surface area contributed by atoms with Gasteiger partial charge in [-0.3, -0.25) is 0 Å². The van der Waals surface area contributed by atoms with E-state index in [2.05, 4.69) is 25.3 Å². The zero-order valence-electron chi connectivity index (χ0n) is 11.2. The molecule has 0 unspecified atom stereocenters. The summed E-state index contributed by atoms with van der Waals surface area (Å²) in [5, 5.41) is 10.4. The molecular formula is C18H18O. The van der Waals surface area contributed by atoms with E-state index >= 15 is 0 Å². The van der Waals surface area contributed by atoms with Gasteiger partial charge in [0.1, 0.15) is 5.75 Å². The van der Waals surface area contributed by atoms with Crippen LogP contribution < -0.4 is 0 Å². The predicted molar refractivity (Wildman–Crippen MR) is 82.3 cm³/mol. The summed E-state index contributed by atoms with van der Waals surface area (Å²) in [6, 6.07) is 12.1. The SMILES string of the molecule is C=Cc1c(C)cc(Cc2ccccc2)c(O)c1C=C. The second-order valence-electron chi connectivity index (χ2n) is 4.60. The van der Waals surface area contributed by atoms with E-state index in [1.807, 2.05) is 31.2 Å². The van der Waals surface area contributed by atoms with Crippen LogP contribution in [0.4, 0.5) is 0 Å². The van der Waals surface area contributed by atoms with Crippen molar-refractivity contribution in [3.63, 3.8) is 0 Å². The molecule has 19 heavy (non-hydrogen) atoms. The molecule has 2 aromatic rings. The van der Waals surface area contributed by atoms with Crippen LogP contribution in [-0.4, -0.2) is 5.11 Å². The molecular weight excluding hydrogens is 232 g/mol. The molecule has 0 saturated heterocycles. The van der Waals surface area contributed by atoms with E-state index in [1.54, 1.807) is 12.2 Å². The standard InChI is InChI=1S/C18H18O/c1-4-16-13(3)11-15(18(19)17(16)5-2)12-14-9-7-6-8-10-14/h4-11,19H,1-2,12H2,3H3. The second-order valence-corrected chi connectivity index (χ2v) is 4.60. The number of hydrogen-bond acceptors (Lipinski definition) is 1. The Morgan fingerprint density at radius 2 is 1.68 bits per heavy atom. The van der Waals surface area contributed by atoms with Gasteiger partial charge >= 0.3 is 0 Å². The van der Waals surface area contributed by atoms with Crippen molar-refractivity contribution in [2.24, 2.45) is 0 Å². The van der Waals surface area contributed by atoms with Crippen LogP contribution in [-0.2, 0) is 6.42 Å². The normalized spacial score (nSPS) is 10.2. The molecule has 0 heterocycles. The highest BCUT2D eigenvalue weighted by molar-refractivity contribution is 5.72. The lowest BCUT2D eigenvalue weighted by atomic mass is 9.93. The summed E-state index contributed by atoms with van der Waals surface area (Å²) in [6.45, 7) is 9.60. The van der Waals surface area contributed by atoms with Crippen LogP contribution in [0.25, 0.3) is 12.2 Å². The van der Waals surface area contributed by atoms with E-state index in [0.29, 0.717) is 12.2 Å². The summed E-state index contributed by atoms with van der Waals surface area (Å²) in [5.41, 5.74) is 4.92. The molecule has 0 aromatic heterocycles. The zero-order valence-corrected chi connectivity index (χ0v) is 11.2.